The smallest absolute Gasteiger partial charge is 0.188 e. The van der Waals surface area contributed by atoms with Crippen LogP contribution >= 0.6 is 8.45 Å². The van der Waals surface area contributed by atoms with Crippen LogP contribution in [0.1, 0.15) is 37.4 Å². The van der Waals surface area contributed by atoms with Gasteiger partial charge in [-0.05, 0) is 32.5 Å². The molecule has 0 spiro atoms. The van der Waals surface area contributed by atoms with Crippen LogP contribution in [0, 0.1) is 0 Å². The molecule has 3 atom stereocenters. The normalized spacial score (nSPS) is 29.2. The van der Waals surface area contributed by atoms with Crippen molar-refractivity contribution in [2.24, 2.45) is 0 Å². The topological polar surface area (TPSA) is 15.7 Å². The average Bonchev–Trinajstić information content (AvgIpc) is 2.78. The van der Waals surface area contributed by atoms with Gasteiger partial charge in [-0.1, -0.05) is 49.2 Å². The van der Waals surface area contributed by atoms with Gasteiger partial charge in [0.1, 0.15) is 6.10 Å². The van der Waals surface area contributed by atoms with Gasteiger partial charge in [0.05, 0.1) is 0 Å². The Labute approximate surface area is 129 Å². The van der Waals surface area contributed by atoms with Crippen molar-refractivity contribution in [2.45, 2.75) is 43.9 Å². The third-order valence-electron chi connectivity index (χ3n) is 4.74. The monoisotopic (exact) mass is 304 g/mol. The van der Waals surface area contributed by atoms with Crippen LogP contribution in [0.15, 0.2) is 43.0 Å². The zero-order chi connectivity index (χ0) is 14.8. The summed E-state index contributed by atoms with van der Waals surface area (Å²) in [4.78, 5) is 0. The maximum atomic E-state index is 6.46. The standard InChI is InChI=1S/C17H25N2OP/c1-4-17(14-10-6-5-7-11-14)20-21-18(2)15-12-8-9-13-16(15)19(21)3/h4-7,10-11,15-17H,1,8-9,12-13H2,2-3H3/t15-,16-,17+/m1/s1. The van der Waals surface area contributed by atoms with E-state index in [9.17, 15) is 0 Å². The van der Waals surface area contributed by atoms with Crippen LogP contribution in [0.3, 0.4) is 0 Å². The molecule has 2 fully saturated rings. The maximum absolute atomic E-state index is 6.46. The first kappa shape index (κ1) is 15.2. The minimum absolute atomic E-state index is 0.0256. The fourth-order valence-electron chi connectivity index (χ4n) is 3.57. The van der Waals surface area contributed by atoms with E-state index in [-0.39, 0.29) is 6.10 Å². The molecule has 0 aromatic heterocycles. The van der Waals surface area contributed by atoms with Crippen LogP contribution in [0.2, 0.25) is 0 Å². The van der Waals surface area contributed by atoms with E-state index >= 15 is 0 Å². The molecule has 0 amide bonds. The molecule has 0 N–H and O–H groups in total. The van der Waals surface area contributed by atoms with Crippen LogP contribution in [-0.4, -0.2) is 35.5 Å². The van der Waals surface area contributed by atoms with E-state index < -0.39 is 8.45 Å². The molecule has 0 radical (unpaired) electrons. The van der Waals surface area contributed by atoms with Crippen LogP contribution in [-0.2, 0) is 4.52 Å². The van der Waals surface area contributed by atoms with E-state index in [0.29, 0.717) is 12.1 Å². The summed E-state index contributed by atoms with van der Waals surface area (Å²) in [6, 6.07) is 11.7. The van der Waals surface area contributed by atoms with E-state index in [4.69, 9.17) is 4.52 Å². The Hall–Kier alpha value is -0.730. The van der Waals surface area contributed by atoms with Crippen molar-refractivity contribution in [3.63, 3.8) is 0 Å². The first-order valence-electron chi connectivity index (χ1n) is 7.82. The summed E-state index contributed by atoms with van der Waals surface area (Å²) in [7, 11) is 3.76. The SMILES string of the molecule is C=C[C@H](OP1N(C)[C@@H]2CCCC[C@H]2N1C)c1ccccc1. The number of likely N-dealkylation sites (N-methyl/N-ethyl adjacent to an activating group) is 2. The molecule has 3 rings (SSSR count). The molecule has 1 saturated heterocycles. The highest BCUT2D eigenvalue weighted by molar-refractivity contribution is 7.47. The molecule has 4 heteroatoms. The Balaban J connectivity index is 1.75. The van der Waals surface area contributed by atoms with Gasteiger partial charge in [-0.15, -0.1) is 6.58 Å². The minimum atomic E-state index is -0.691. The fourth-order valence-corrected chi connectivity index (χ4v) is 5.77. The number of hydrogen-bond donors (Lipinski definition) is 0. The zero-order valence-electron chi connectivity index (χ0n) is 13.0. The molecular weight excluding hydrogens is 279 g/mol. The Bertz CT molecular complexity index is 463. The number of benzene rings is 1. The minimum Gasteiger partial charge on any atom is -0.319 e. The molecule has 1 saturated carbocycles. The van der Waals surface area contributed by atoms with E-state index in [1.807, 2.05) is 12.1 Å². The van der Waals surface area contributed by atoms with E-state index in [2.05, 4.69) is 54.3 Å². The van der Waals surface area contributed by atoms with Gasteiger partial charge in [0.25, 0.3) is 0 Å². The van der Waals surface area contributed by atoms with E-state index in [1.54, 1.807) is 0 Å². The number of nitrogens with zero attached hydrogens (tertiary/aromatic N) is 2. The largest absolute Gasteiger partial charge is 0.319 e. The van der Waals surface area contributed by atoms with Crippen LogP contribution < -0.4 is 0 Å². The van der Waals surface area contributed by atoms with Crippen molar-refractivity contribution in [2.75, 3.05) is 14.1 Å². The molecule has 1 heterocycles. The number of rotatable bonds is 4. The maximum Gasteiger partial charge on any atom is 0.188 e. The Morgan fingerprint density at radius 3 is 2.24 bits per heavy atom. The second-order valence-electron chi connectivity index (χ2n) is 5.99. The van der Waals surface area contributed by atoms with Crippen molar-refractivity contribution in [3.8, 4) is 0 Å². The summed E-state index contributed by atoms with van der Waals surface area (Å²) in [5, 5.41) is 0. The molecule has 2 aliphatic rings. The van der Waals surface area contributed by atoms with Gasteiger partial charge < -0.3 is 4.52 Å². The number of fused-ring (bicyclic) bond motifs is 1. The van der Waals surface area contributed by atoms with Crippen LogP contribution in [0.4, 0.5) is 0 Å². The van der Waals surface area contributed by atoms with Gasteiger partial charge >= 0.3 is 0 Å². The fraction of sp³-hybridized carbons (Fsp3) is 0.529. The van der Waals surface area contributed by atoms with Gasteiger partial charge in [0, 0.05) is 12.1 Å². The van der Waals surface area contributed by atoms with Crippen molar-refractivity contribution in [3.05, 3.63) is 48.6 Å². The predicted molar refractivity (Wildman–Crippen MR) is 89.0 cm³/mol. The molecule has 1 aromatic rings. The Morgan fingerprint density at radius 1 is 1.14 bits per heavy atom. The molecule has 21 heavy (non-hydrogen) atoms. The van der Waals surface area contributed by atoms with Gasteiger partial charge in [0.15, 0.2) is 8.45 Å². The highest BCUT2D eigenvalue weighted by Crippen LogP contribution is 2.58. The predicted octanol–water partition coefficient (Wildman–Crippen LogP) is 4.35. The zero-order valence-corrected chi connectivity index (χ0v) is 13.9. The third-order valence-corrected chi connectivity index (χ3v) is 6.83. The van der Waals surface area contributed by atoms with Gasteiger partial charge in [0.2, 0.25) is 0 Å². The summed E-state index contributed by atoms with van der Waals surface area (Å²) in [6.45, 7) is 3.97. The first-order chi connectivity index (χ1) is 10.2. The Morgan fingerprint density at radius 2 is 1.71 bits per heavy atom. The van der Waals surface area contributed by atoms with Crippen LogP contribution in [0.25, 0.3) is 0 Å². The lowest BCUT2D eigenvalue weighted by atomic mass is 9.91. The summed E-state index contributed by atoms with van der Waals surface area (Å²) in [6.07, 6.45) is 7.21. The number of hydrogen-bond acceptors (Lipinski definition) is 3. The summed E-state index contributed by atoms with van der Waals surface area (Å²) < 4.78 is 11.4. The van der Waals surface area contributed by atoms with Crippen molar-refractivity contribution < 1.29 is 4.52 Å². The molecule has 0 bridgehead atoms. The van der Waals surface area contributed by atoms with Gasteiger partial charge in [-0.3, -0.25) is 0 Å². The quantitative estimate of drug-likeness (QED) is 0.608. The lowest BCUT2D eigenvalue weighted by Crippen LogP contribution is -2.37. The molecule has 1 aromatic carbocycles. The summed E-state index contributed by atoms with van der Waals surface area (Å²) >= 11 is 0. The van der Waals surface area contributed by atoms with E-state index in [1.165, 1.54) is 31.2 Å². The highest BCUT2D eigenvalue weighted by Gasteiger charge is 2.46. The molecule has 0 unspecified atom stereocenters. The molecule has 1 aliphatic carbocycles. The lowest BCUT2D eigenvalue weighted by Gasteiger charge is -2.28. The average molecular weight is 304 g/mol. The molecule has 1 aliphatic heterocycles. The third kappa shape index (κ3) is 2.93. The molecule has 114 valence electrons. The van der Waals surface area contributed by atoms with Gasteiger partial charge in [-0.25, -0.2) is 9.34 Å². The lowest BCUT2D eigenvalue weighted by molar-refractivity contribution is 0.233. The van der Waals surface area contributed by atoms with Crippen molar-refractivity contribution in [1.82, 2.24) is 9.34 Å². The van der Waals surface area contributed by atoms with Gasteiger partial charge in [-0.2, -0.15) is 0 Å². The first-order valence-corrected chi connectivity index (χ1v) is 8.99. The molecule has 3 nitrogen and oxygen atoms in total. The molecular formula is C17H25N2OP. The Kier molecular flexibility index (Phi) is 4.75. The summed E-state index contributed by atoms with van der Waals surface area (Å²) in [5.41, 5.74) is 1.19. The van der Waals surface area contributed by atoms with Crippen LogP contribution in [0.5, 0.6) is 0 Å². The second kappa shape index (κ2) is 6.58. The summed E-state index contributed by atoms with van der Waals surface area (Å²) in [5.74, 6) is 0. The highest BCUT2D eigenvalue weighted by atomic mass is 31.2. The van der Waals surface area contributed by atoms with E-state index in [0.717, 1.165) is 0 Å². The second-order valence-corrected chi connectivity index (χ2v) is 7.97. The van der Waals surface area contributed by atoms with Crippen molar-refractivity contribution in [1.29, 1.82) is 0 Å². The van der Waals surface area contributed by atoms with Crippen molar-refractivity contribution >= 4 is 8.45 Å².